The molecule has 1 aliphatic heterocycles. The zero-order valence-electron chi connectivity index (χ0n) is 12.7. The number of benzene rings is 2. The molecule has 0 saturated carbocycles. The molecule has 0 spiro atoms. The molecule has 0 bridgehead atoms. The number of nitrogens with zero attached hydrogens (tertiary/aromatic N) is 1. The number of anilines is 1. The molecule has 1 atom stereocenters. The Bertz CT molecular complexity index is 643. The van der Waals surface area contributed by atoms with Crippen LogP contribution in [0, 0.1) is 0 Å². The number of rotatable bonds is 3. The molecule has 1 aliphatic rings. The van der Waals surface area contributed by atoms with Crippen LogP contribution >= 0.6 is 0 Å². The Morgan fingerprint density at radius 3 is 2.64 bits per heavy atom. The van der Waals surface area contributed by atoms with E-state index in [1.54, 1.807) is 7.11 Å². The minimum Gasteiger partial charge on any atom is -0.495 e. The number of hydrogen-bond acceptors (Lipinski definition) is 2. The van der Waals surface area contributed by atoms with Gasteiger partial charge in [-0.25, -0.2) is 4.79 Å². The molecule has 1 N–H and O–H groups in total. The van der Waals surface area contributed by atoms with E-state index in [2.05, 4.69) is 17.4 Å². The summed E-state index contributed by atoms with van der Waals surface area (Å²) in [6.07, 6.45) is 2.03. The Balaban J connectivity index is 1.77. The maximum absolute atomic E-state index is 12.6. The summed E-state index contributed by atoms with van der Waals surface area (Å²) in [5.74, 6) is 0.673. The summed E-state index contributed by atoms with van der Waals surface area (Å²) in [6, 6.07) is 17.7. The molecule has 0 unspecified atom stereocenters. The second-order valence-electron chi connectivity index (χ2n) is 5.39. The van der Waals surface area contributed by atoms with E-state index in [-0.39, 0.29) is 12.1 Å². The summed E-state index contributed by atoms with van der Waals surface area (Å²) in [6.45, 7) is 0.778. The Morgan fingerprint density at radius 1 is 1.14 bits per heavy atom. The number of hydrogen-bond donors (Lipinski definition) is 1. The predicted molar refractivity (Wildman–Crippen MR) is 87.1 cm³/mol. The third kappa shape index (κ3) is 2.91. The molecular formula is C18H20N2O2. The number of methoxy groups -OCH3 is 1. The molecule has 0 radical (unpaired) electrons. The Hall–Kier alpha value is -2.49. The molecular weight excluding hydrogens is 276 g/mol. The zero-order chi connectivity index (χ0) is 15.4. The molecule has 1 saturated heterocycles. The molecule has 2 aromatic carbocycles. The van der Waals surface area contributed by atoms with Crippen LogP contribution < -0.4 is 10.1 Å². The second-order valence-corrected chi connectivity index (χ2v) is 5.39. The maximum atomic E-state index is 12.6. The fourth-order valence-corrected chi connectivity index (χ4v) is 2.97. The lowest BCUT2D eigenvalue weighted by molar-refractivity contribution is 0.207. The SMILES string of the molecule is COc1ccccc1NC(=O)N1CCC[C@H]1c1ccccc1. The molecule has 4 heteroatoms. The van der Waals surface area contributed by atoms with E-state index >= 15 is 0 Å². The van der Waals surface area contributed by atoms with E-state index in [9.17, 15) is 4.79 Å². The number of carbonyl (C=O) groups excluding carboxylic acids is 1. The largest absolute Gasteiger partial charge is 0.495 e. The first-order chi connectivity index (χ1) is 10.8. The van der Waals surface area contributed by atoms with E-state index in [0.717, 1.165) is 19.4 Å². The topological polar surface area (TPSA) is 41.6 Å². The molecule has 114 valence electrons. The lowest BCUT2D eigenvalue weighted by Gasteiger charge is -2.25. The normalized spacial score (nSPS) is 17.3. The molecule has 0 aromatic heterocycles. The van der Waals surface area contributed by atoms with Crippen LogP contribution in [0.2, 0.25) is 0 Å². The van der Waals surface area contributed by atoms with Gasteiger partial charge in [0, 0.05) is 6.54 Å². The van der Waals surface area contributed by atoms with E-state index in [4.69, 9.17) is 4.74 Å². The highest BCUT2D eigenvalue weighted by atomic mass is 16.5. The number of likely N-dealkylation sites (tertiary alicyclic amines) is 1. The second kappa shape index (κ2) is 6.52. The minimum absolute atomic E-state index is 0.0733. The average Bonchev–Trinajstić information content (AvgIpc) is 3.06. The number of urea groups is 1. The van der Waals surface area contributed by atoms with Crippen LogP contribution in [0.1, 0.15) is 24.4 Å². The highest BCUT2D eigenvalue weighted by molar-refractivity contribution is 5.91. The molecule has 22 heavy (non-hydrogen) atoms. The summed E-state index contributed by atoms with van der Waals surface area (Å²) < 4.78 is 5.29. The summed E-state index contributed by atoms with van der Waals surface area (Å²) >= 11 is 0. The lowest BCUT2D eigenvalue weighted by Crippen LogP contribution is -2.34. The van der Waals surface area contributed by atoms with Crippen molar-refractivity contribution in [2.45, 2.75) is 18.9 Å². The molecule has 3 rings (SSSR count). The van der Waals surface area contributed by atoms with Gasteiger partial charge in [-0.2, -0.15) is 0 Å². The fourth-order valence-electron chi connectivity index (χ4n) is 2.97. The van der Waals surface area contributed by atoms with Crippen molar-refractivity contribution in [3.63, 3.8) is 0 Å². The van der Waals surface area contributed by atoms with Crippen LogP contribution in [0.15, 0.2) is 54.6 Å². The molecule has 2 aromatic rings. The lowest BCUT2D eigenvalue weighted by atomic mass is 10.1. The van der Waals surface area contributed by atoms with Gasteiger partial charge in [0.05, 0.1) is 18.8 Å². The quantitative estimate of drug-likeness (QED) is 0.928. The molecule has 4 nitrogen and oxygen atoms in total. The van der Waals surface area contributed by atoms with Gasteiger partial charge < -0.3 is 15.0 Å². The van der Waals surface area contributed by atoms with Crippen molar-refractivity contribution in [1.82, 2.24) is 4.90 Å². The van der Waals surface area contributed by atoms with Crippen molar-refractivity contribution >= 4 is 11.7 Å². The first-order valence-corrected chi connectivity index (χ1v) is 7.55. The van der Waals surface area contributed by atoms with E-state index in [1.807, 2.05) is 47.4 Å². The molecule has 1 heterocycles. The Kier molecular flexibility index (Phi) is 4.28. The van der Waals surface area contributed by atoms with Crippen LogP contribution in [0.5, 0.6) is 5.75 Å². The molecule has 1 fully saturated rings. The standard InChI is InChI=1S/C18H20N2O2/c1-22-17-12-6-5-10-15(17)19-18(21)20-13-7-11-16(20)14-8-3-2-4-9-14/h2-6,8-10,12,16H,7,11,13H2,1H3,(H,19,21)/t16-/m0/s1. The minimum atomic E-state index is -0.0733. The van der Waals surface area contributed by atoms with Crippen LogP contribution in [-0.4, -0.2) is 24.6 Å². The molecule has 0 aliphatic carbocycles. The number of ether oxygens (including phenoxy) is 1. The summed E-state index contributed by atoms with van der Waals surface area (Å²) in [4.78, 5) is 14.5. The van der Waals surface area contributed by atoms with E-state index < -0.39 is 0 Å². The van der Waals surface area contributed by atoms with Gasteiger partial charge in [-0.15, -0.1) is 0 Å². The Morgan fingerprint density at radius 2 is 1.86 bits per heavy atom. The Labute approximate surface area is 130 Å². The smallest absolute Gasteiger partial charge is 0.322 e. The van der Waals surface area contributed by atoms with Crippen molar-refractivity contribution in [1.29, 1.82) is 0 Å². The highest BCUT2D eigenvalue weighted by Gasteiger charge is 2.30. The van der Waals surface area contributed by atoms with Gasteiger partial charge in [-0.1, -0.05) is 42.5 Å². The van der Waals surface area contributed by atoms with Gasteiger partial charge in [-0.05, 0) is 30.5 Å². The molecule has 2 amide bonds. The predicted octanol–water partition coefficient (Wildman–Crippen LogP) is 4.06. The summed E-state index contributed by atoms with van der Waals surface area (Å²) in [7, 11) is 1.60. The highest BCUT2D eigenvalue weighted by Crippen LogP contribution is 2.33. The first-order valence-electron chi connectivity index (χ1n) is 7.55. The summed E-state index contributed by atoms with van der Waals surface area (Å²) in [5.41, 5.74) is 1.89. The van der Waals surface area contributed by atoms with Crippen molar-refractivity contribution in [3.05, 3.63) is 60.2 Å². The van der Waals surface area contributed by atoms with E-state index in [1.165, 1.54) is 5.56 Å². The average molecular weight is 296 g/mol. The van der Waals surface area contributed by atoms with Crippen molar-refractivity contribution in [2.24, 2.45) is 0 Å². The van der Waals surface area contributed by atoms with Gasteiger partial charge >= 0.3 is 6.03 Å². The first kappa shape index (κ1) is 14.4. The van der Waals surface area contributed by atoms with Crippen LogP contribution in [0.25, 0.3) is 0 Å². The van der Waals surface area contributed by atoms with Gasteiger partial charge in [0.1, 0.15) is 5.75 Å². The van der Waals surface area contributed by atoms with Crippen molar-refractivity contribution in [2.75, 3.05) is 19.0 Å². The van der Waals surface area contributed by atoms with Crippen molar-refractivity contribution < 1.29 is 9.53 Å². The third-order valence-electron chi connectivity index (χ3n) is 4.05. The fraction of sp³-hybridized carbons (Fsp3) is 0.278. The van der Waals surface area contributed by atoms with Crippen LogP contribution in [0.3, 0.4) is 0 Å². The van der Waals surface area contributed by atoms with Gasteiger partial charge in [0.15, 0.2) is 0 Å². The monoisotopic (exact) mass is 296 g/mol. The summed E-state index contributed by atoms with van der Waals surface area (Å²) in [5, 5.41) is 2.97. The van der Waals surface area contributed by atoms with Crippen molar-refractivity contribution in [3.8, 4) is 5.75 Å². The van der Waals surface area contributed by atoms with E-state index in [0.29, 0.717) is 11.4 Å². The van der Waals surface area contributed by atoms with Crippen LogP contribution in [0.4, 0.5) is 10.5 Å². The number of amides is 2. The van der Waals surface area contributed by atoms with Gasteiger partial charge in [0.25, 0.3) is 0 Å². The third-order valence-corrected chi connectivity index (χ3v) is 4.05. The number of para-hydroxylation sites is 2. The maximum Gasteiger partial charge on any atom is 0.322 e. The van der Waals surface area contributed by atoms with Crippen LogP contribution in [-0.2, 0) is 0 Å². The zero-order valence-corrected chi connectivity index (χ0v) is 12.7. The van der Waals surface area contributed by atoms with Gasteiger partial charge in [0.2, 0.25) is 0 Å². The van der Waals surface area contributed by atoms with Gasteiger partial charge in [-0.3, -0.25) is 0 Å². The number of nitrogens with one attached hydrogen (secondary N) is 1. The number of carbonyl (C=O) groups is 1.